The molecule has 0 spiro atoms. The first-order valence-corrected chi connectivity index (χ1v) is 4.78. The summed E-state index contributed by atoms with van der Waals surface area (Å²) in [5.74, 6) is -0.542. The van der Waals surface area contributed by atoms with Gasteiger partial charge in [0.15, 0.2) is 5.69 Å². The Morgan fingerprint density at radius 3 is 2.50 bits per heavy atom. The summed E-state index contributed by atoms with van der Waals surface area (Å²) in [6, 6.07) is 0. The van der Waals surface area contributed by atoms with Gasteiger partial charge in [-0.25, -0.2) is 0 Å². The average Bonchev–Trinajstić information content (AvgIpc) is 2.20. The zero-order valence-corrected chi connectivity index (χ0v) is 9.19. The van der Waals surface area contributed by atoms with Crippen LogP contribution in [0.15, 0.2) is 0 Å². The summed E-state index contributed by atoms with van der Waals surface area (Å²) in [6.45, 7) is 3.62. The number of nitrogens with zero attached hydrogens (tertiary/aromatic N) is 2. The first-order valence-electron chi connectivity index (χ1n) is 4.78. The molecule has 1 aromatic heterocycles. The Bertz CT molecular complexity index is 395. The lowest BCUT2D eigenvalue weighted by Crippen LogP contribution is -2.11. The number of anilines is 2. The highest BCUT2D eigenvalue weighted by Gasteiger charge is 2.14. The minimum Gasteiger partial charge on any atom is -0.476 e. The van der Waals surface area contributed by atoms with Crippen molar-refractivity contribution in [2.75, 3.05) is 18.1 Å². The van der Waals surface area contributed by atoms with Crippen molar-refractivity contribution >= 4 is 17.6 Å². The van der Waals surface area contributed by atoms with Crippen molar-refractivity contribution < 1.29 is 14.3 Å². The van der Waals surface area contributed by atoms with Crippen molar-refractivity contribution in [2.45, 2.75) is 20.3 Å². The van der Waals surface area contributed by atoms with Crippen LogP contribution in [0.3, 0.4) is 0 Å². The SMILES string of the molecule is CCCOc1nc(N)nc(OC(C)=O)c1N. The third-order valence-corrected chi connectivity index (χ3v) is 1.58. The molecular weight excluding hydrogens is 212 g/mol. The normalized spacial score (nSPS) is 9.88. The average molecular weight is 226 g/mol. The maximum atomic E-state index is 10.8. The molecule has 1 aromatic rings. The van der Waals surface area contributed by atoms with Crippen LogP contribution >= 0.6 is 0 Å². The molecule has 0 aliphatic heterocycles. The van der Waals surface area contributed by atoms with E-state index >= 15 is 0 Å². The van der Waals surface area contributed by atoms with E-state index < -0.39 is 5.97 Å². The fourth-order valence-corrected chi connectivity index (χ4v) is 0.968. The van der Waals surface area contributed by atoms with Crippen molar-refractivity contribution in [3.63, 3.8) is 0 Å². The summed E-state index contributed by atoms with van der Waals surface area (Å²) in [6.07, 6.45) is 0.798. The topological polar surface area (TPSA) is 113 Å². The second-order valence-corrected chi connectivity index (χ2v) is 3.05. The zero-order valence-electron chi connectivity index (χ0n) is 9.19. The Hall–Kier alpha value is -2.05. The van der Waals surface area contributed by atoms with Gasteiger partial charge in [0.1, 0.15) is 0 Å². The van der Waals surface area contributed by atoms with Gasteiger partial charge in [-0.1, -0.05) is 6.92 Å². The van der Waals surface area contributed by atoms with E-state index in [4.69, 9.17) is 20.9 Å². The van der Waals surface area contributed by atoms with Crippen molar-refractivity contribution in [3.05, 3.63) is 0 Å². The molecule has 7 nitrogen and oxygen atoms in total. The van der Waals surface area contributed by atoms with E-state index in [-0.39, 0.29) is 23.4 Å². The zero-order chi connectivity index (χ0) is 12.1. The lowest BCUT2D eigenvalue weighted by Gasteiger charge is -2.10. The van der Waals surface area contributed by atoms with Gasteiger partial charge in [0.25, 0.3) is 5.88 Å². The number of rotatable bonds is 4. The summed E-state index contributed by atoms with van der Waals surface area (Å²) >= 11 is 0. The number of ether oxygens (including phenoxy) is 2. The van der Waals surface area contributed by atoms with E-state index in [9.17, 15) is 4.79 Å². The second-order valence-electron chi connectivity index (χ2n) is 3.05. The van der Waals surface area contributed by atoms with Gasteiger partial charge in [-0.2, -0.15) is 9.97 Å². The van der Waals surface area contributed by atoms with E-state index in [1.165, 1.54) is 6.92 Å². The fourth-order valence-electron chi connectivity index (χ4n) is 0.968. The van der Waals surface area contributed by atoms with Gasteiger partial charge in [0.05, 0.1) is 6.61 Å². The summed E-state index contributed by atoms with van der Waals surface area (Å²) in [5, 5.41) is 0. The van der Waals surface area contributed by atoms with E-state index in [2.05, 4.69) is 9.97 Å². The van der Waals surface area contributed by atoms with Crippen LogP contribution in [-0.4, -0.2) is 22.5 Å². The molecule has 7 heteroatoms. The maximum absolute atomic E-state index is 10.8. The fraction of sp³-hybridized carbons (Fsp3) is 0.444. The van der Waals surface area contributed by atoms with E-state index in [0.29, 0.717) is 6.61 Å². The van der Waals surface area contributed by atoms with Crippen LogP contribution in [0.2, 0.25) is 0 Å². The summed E-state index contributed by atoms with van der Waals surface area (Å²) < 4.78 is 10.0. The largest absolute Gasteiger partial charge is 0.476 e. The highest BCUT2D eigenvalue weighted by Crippen LogP contribution is 2.28. The van der Waals surface area contributed by atoms with Gasteiger partial charge in [-0.15, -0.1) is 0 Å². The first-order chi connectivity index (χ1) is 7.54. The predicted octanol–water partition coefficient (Wildman–Crippen LogP) is 0.355. The molecule has 0 bridgehead atoms. The van der Waals surface area contributed by atoms with Gasteiger partial charge < -0.3 is 20.9 Å². The standard InChI is InChI=1S/C9H14N4O3/c1-3-4-15-7-6(10)8(16-5(2)14)13-9(11)12-7/h3-4,10H2,1-2H3,(H2,11,12,13). The van der Waals surface area contributed by atoms with E-state index in [0.717, 1.165) is 6.42 Å². The van der Waals surface area contributed by atoms with Crippen molar-refractivity contribution in [2.24, 2.45) is 0 Å². The number of nitrogen functional groups attached to an aromatic ring is 2. The maximum Gasteiger partial charge on any atom is 0.309 e. The third-order valence-electron chi connectivity index (χ3n) is 1.58. The number of hydrogen-bond donors (Lipinski definition) is 2. The molecule has 0 fully saturated rings. The minimum absolute atomic E-state index is 0.0587. The molecule has 0 unspecified atom stereocenters. The Morgan fingerprint density at radius 2 is 1.94 bits per heavy atom. The molecule has 16 heavy (non-hydrogen) atoms. The van der Waals surface area contributed by atoms with Crippen LogP contribution in [0.5, 0.6) is 11.8 Å². The smallest absolute Gasteiger partial charge is 0.309 e. The predicted molar refractivity (Wildman–Crippen MR) is 58.0 cm³/mol. The molecule has 0 saturated carbocycles. The molecule has 0 atom stereocenters. The molecule has 1 heterocycles. The van der Waals surface area contributed by atoms with Crippen LogP contribution in [0.4, 0.5) is 11.6 Å². The summed E-state index contributed by atoms with van der Waals surface area (Å²) in [4.78, 5) is 18.3. The van der Waals surface area contributed by atoms with E-state index in [1.807, 2.05) is 6.92 Å². The highest BCUT2D eigenvalue weighted by molar-refractivity contribution is 5.72. The van der Waals surface area contributed by atoms with E-state index in [1.54, 1.807) is 0 Å². The molecule has 88 valence electrons. The molecule has 0 aliphatic rings. The molecule has 4 N–H and O–H groups in total. The molecule has 1 rings (SSSR count). The van der Waals surface area contributed by atoms with Crippen LogP contribution in [-0.2, 0) is 4.79 Å². The van der Waals surface area contributed by atoms with Crippen molar-refractivity contribution in [1.82, 2.24) is 9.97 Å². The minimum atomic E-state index is -0.536. The first kappa shape index (κ1) is 12.0. The number of hydrogen-bond acceptors (Lipinski definition) is 7. The molecular formula is C9H14N4O3. The van der Waals surface area contributed by atoms with Crippen LogP contribution in [0, 0.1) is 0 Å². The summed E-state index contributed by atoms with van der Waals surface area (Å²) in [7, 11) is 0. The highest BCUT2D eigenvalue weighted by atomic mass is 16.5. The Balaban J connectivity index is 3.00. The number of nitrogens with two attached hydrogens (primary N) is 2. The van der Waals surface area contributed by atoms with Gasteiger partial charge in [0, 0.05) is 6.92 Å². The molecule has 0 radical (unpaired) electrons. The number of aromatic nitrogens is 2. The number of carbonyl (C=O) groups is 1. The van der Waals surface area contributed by atoms with Gasteiger partial charge in [-0.05, 0) is 6.42 Å². The van der Waals surface area contributed by atoms with Crippen molar-refractivity contribution in [3.8, 4) is 11.8 Å². The lowest BCUT2D eigenvalue weighted by atomic mass is 10.4. The second kappa shape index (κ2) is 5.15. The number of esters is 1. The lowest BCUT2D eigenvalue weighted by molar-refractivity contribution is -0.132. The van der Waals surface area contributed by atoms with Crippen LogP contribution < -0.4 is 20.9 Å². The van der Waals surface area contributed by atoms with Crippen LogP contribution in [0.25, 0.3) is 0 Å². The molecule has 0 amide bonds. The Morgan fingerprint density at radius 1 is 1.31 bits per heavy atom. The molecule has 0 aliphatic carbocycles. The molecule has 0 aromatic carbocycles. The van der Waals surface area contributed by atoms with Crippen molar-refractivity contribution in [1.29, 1.82) is 0 Å². The Labute approximate surface area is 92.8 Å². The van der Waals surface area contributed by atoms with Crippen LogP contribution in [0.1, 0.15) is 20.3 Å². The van der Waals surface area contributed by atoms with Gasteiger partial charge >= 0.3 is 5.97 Å². The Kier molecular flexibility index (Phi) is 3.87. The third kappa shape index (κ3) is 2.97. The monoisotopic (exact) mass is 226 g/mol. The molecule has 0 saturated heterocycles. The summed E-state index contributed by atoms with van der Waals surface area (Å²) in [5.41, 5.74) is 11.2. The number of carbonyl (C=O) groups excluding carboxylic acids is 1. The quantitative estimate of drug-likeness (QED) is 0.712. The van der Waals surface area contributed by atoms with Gasteiger partial charge in [-0.3, -0.25) is 4.79 Å². The van der Waals surface area contributed by atoms with Gasteiger partial charge in [0.2, 0.25) is 11.8 Å².